The molecule has 2 amide bonds. The molecule has 1 aromatic carbocycles. The van der Waals surface area contributed by atoms with E-state index in [0.717, 1.165) is 10.0 Å². The number of nitrogens with zero attached hydrogens (tertiary/aromatic N) is 1. The van der Waals surface area contributed by atoms with Crippen molar-refractivity contribution < 1.29 is 14.7 Å². The Morgan fingerprint density at radius 3 is 2.63 bits per heavy atom. The molecule has 0 aliphatic heterocycles. The number of halogens is 1. The maximum Gasteiger partial charge on any atom is 0.323 e. The Labute approximate surface area is 120 Å². The third kappa shape index (κ3) is 4.90. The van der Waals surface area contributed by atoms with Crippen LogP contribution in [0.15, 0.2) is 22.7 Å². The molecule has 19 heavy (non-hydrogen) atoms. The third-order valence-corrected chi connectivity index (χ3v) is 3.13. The van der Waals surface area contributed by atoms with E-state index in [2.05, 4.69) is 21.2 Å². The first kappa shape index (κ1) is 15.5. The van der Waals surface area contributed by atoms with Gasteiger partial charge in [-0.05, 0) is 47.0 Å². The highest BCUT2D eigenvalue weighted by atomic mass is 79.9. The summed E-state index contributed by atoms with van der Waals surface area (Å²) in [6, 6.07) is 5.13. The molecule has 2 N–H and O–H groups in total. The van der Waals surface area contributed by atoms with Crippen molar-refractivity contribution in [3.8, 4) is 0 Å². The van der Waals surface area contributed by atoms with Gasteiger partial charge >= 0.3 is 12.0 Å². The van der Waals surface area contributed by atoms with Crippen molar-refractivity contribution in [1.29, 1.82) is 0 Å². The smallest absolute Gasteiger partial charge is 0.323 e. The predicted octanol–water partition coefficient (Wildman–Crippen LogP) is 3.09. The molecule has 0 aliphatic carbocycles. The molecule has 0 fully saturated rings. The zero-order valence-corrected chi connectivity index (χ0v) is 12.5. The SMILES string of the molecule is CCCN(CC(=O)O)C(=O)Nc1ccc(C)cc1Br. The van der Waals surface area contributed by atoms with Crippen LogP contribution in [0.4, 0.5) is 10.5 Å². The minimum absolute atomic E-state index is 0.302. The molecule has 0 spiro atoms. The molecule has 1 aromatic rings. The van der Waals surface area contributed by atoms with E-state index in [0.29, 0.717) is 18.7 Å². The zero-order valence-electron chi connectivity index (χ0n) is 10.9. The first-order valence-corrected chi connectivity index (χ1v) is 6.77. The molecule has 5 nitrogen and oxygen atoms in total. The fraction of sp³-hybridized carbons (Fsp3) is 0.385. The monoisotopic (exact) mass is 328 g/mol. The second-order valence-electron chi connectivity index (χ2n) is 4.23. The lowest BCUT2D eigenvalue weighted by Crippen LogP contribution is -2.39. The summed E-state index contributed by atoms with van der Waals surface area (Å²) in [5, 5.41) is 11.5. The van der Waals surface area contributed by atoms with E-state index in [9.17, 15) is 9.59 Å². The molecule has 0 bridgehead atoms. The van der Waals surface area contributed by atoms with Crippen molar-refractivity contribution in [2.75, 3.05) is 18.4 Å². The lowest BCUT2D eigenvalue weighted by atomic mass is 10.2. The van der Waals surface area contributed by atoms with Gasteiger partial charge in [-0.1, -0.05) is 13.0 Å². The van der Waals surface area contributed by atoms with Crippen LogP contribution < -0.4 is 5.32 Å². The van der Waals surface area contributed by atoms with Gasteiger partial charge < -0.3 is 15.3 Å². The molecule has 104 valence electrons. The van der Waals surface area contributed by atoms with Gasteiger partial charge in [0.05, 0.1) is 5.69 Å². The van der Waals surface area contributed by atoms with Crippen LogP contribution in [0.1, 0.15) is 18.9 Å². The minimum atomic E-state index is -1.02. The standard InChI is InChI=1S/C13H17BrN2O3/c1-3-6-16(8-12(17)18)13(19)15-11-5-4-9(2)7-10(11)14/h4-5,7H,3,6,8H2,1-2H3,(H,15,19)(H,17,18). The largest absolute Gasteiger partial charge is 0.480 e. The molecule has 0 aliphatic rings. The number of anilines is 1. The highest BCUT2D eigenvalue weighted by Gasteiger charge is 2.16. The summed E-state index contributed by atoms with van der Waals surface area (Å²) in [7, 11) is 0. The topological polar surface area (TPSA) is 69.6 Å². The molecule has 0 atom stereocenters. The van der Waals surface area contributed by atoms with Crippen LogP contribution in [-0.4, -0.2) is 35.1 Å². The number of hydrogen-bond acceptors (Lipinski definition) is 2. The number of benzene rings is 1. The van der Waals surface area contributed by atoms with E-state index in [1.165, 1.54) is 4.90 Å². The van der Waals surface area contributed by atoms with Crippen LogP contribution in [0.3, 0.4) is 0 Å². The average molecular weight is 329 g/mol. The van der Waals surface area contributed by atoms with Crippen molar-refractivity contribution in [3.63, 3.8) is 0 Å². The number of aliphatic carboxylic acids is 1. The molecule has 0 unspecified atom stereocenters. The van der Waals surface area contributed by atoms with Crippen LogP contribution in [0.25, 0.3) is 0 Å². The van der Waals surface area contributed by atoms with Crippen LogP contribution in [-0.2, 0) is 4.79 Å². The highest BCUT2D eigenvalue weighted by Crippen LogP contribution is 2.23. The maximum atomic E-state index is 12.0. The van der Waals surface area contributed by atoms with Crippen LogP contribution in [0.5, 0.6) is 0 Å². The number of rotatable bonds is 5. The van der Waals surface area contributed by atoms with Gasteiger partial charge in [0.2, 0.25) is 0 Å². The Balaban J connectivity index is 2.77. The van der Waals surface area contributed by atoms with Gasteiger partial charge in [0, 0.05) is 11.0 Å². The third-order valence-electron chi connectivity index (χ3n) is 2.47. The Hall–Kier alpha value is -1.56. The number of carboxylic acids is 1. The summed E-state index contributed by atoms with van der Waals surface area (Å²) in [6.07, 6.45) is 0.704. The molecule has 0 radical (unpaired) electrons. The number of carbonyl (C=O) groups is 2. The molecule has 1 rings (SSSR count). The second kappa shape index (κ2) is 7.13. The van der Waals surface area contributed by atoms with E-state index in [1.54, 1.807) is 6.07 Å². The van der Waals surface area contributed by atoms with Crippen LogP contribution >= 0.6 is 15.9 Å². The molecule has 6 heteroatoms. The van der Waals surface area contributed by atoms with Gasteiger partial charge in [-0.3, -0.25) is 4.79 Å². The summed E-state index contributed by atoms with van der Waals surface area (Å²) >= 11 is 3.37. The van der Waals surface area contributed by atoms with Crippen molar-refractivity contribution in [2.45, 2.75) is 20.3 Å². The van der Waals surface area contributed by atoms with Gasteiger partial charge in [-0.25, -0.2) is 4.79 Å². The highest BCUT2D eigenvalue weighted by molar-refractivity contribution is 9.10. The van der Waals surface area contributed by atoms with Gasteiger partial charge in [0.15, 0.2) is 0 Å². The molecule has 0 heterocycles. The Kier molecular flexibility index (Phi) is 5.82. The summed E-state index contributed by atoms with van der Waals surface area (Å²) in [4.78, 5) is 24.0. The quantitative estimate of drug-likeness (QED) is 0.872. The van der Waals surface area contributed by atoms with Gasteiger partial charge in [0.1, 0.15) is 6.54 Å². The predicted molar refractivity (Wildman–Crippen MR) is 77.4 cm³/mol. The van der Waals surface area contributed by atoms with Gasteiger partial charge in [-0.15, -0.1) is 0 Å². The van der Waals surface area contributed by atoms with Crippen molar-refractivity contribution >= 4 is 33.6 Å². The molecule has 0 aromatic heterocycles. The first-order valence-electron chi connectivity index (χ1n) is 5.98. The van der Waals surface area contributed by atoms with E-state index >= 15 is 0 Å². The van der Waals surface area contributed by atoms with E-state index in [-0.39, 0.29) is 6.54 Å². The first-order chi connectivity index (χ1) is 8.93. The molecule has 0 saturated heterocycles. The number of nitrogens with one attached hydrogen (secondary N) is 1. The summed E-state index contributed by atoms with van der Waals surface area (Å²) in [5.41, 5.74) is 1.70. The zero-order chi connectivity index (χ0) is 14.4. The van der Waals surface area contributed by atoms with Crippen molar-refractivity contribution in [2.24, 2.45) is 0 Å². The molecular formula is C13H17BrN2O3. The van der Waals surface area contributed by atoms with Crippen molar-refractivity contribution in [3.05, 3.63) is 28.2 Å². The van der Waals surface area contributed by atoms with E-state index in [4.69, 9.17) is 5.11 Å². The summed E-state index contributed by atoms with van der Waals surface area (Å²) in [5.74, 6) is -1.02. The number of carboxylic acid groups (broad SMARTS) is 1. The number of urea groups is 1. The van der Waals surface area contributed by atoms with Crippen LogP contribution in [0.2, 0.25) is 0 Å². The minimum Gasteiger partial charge on any atom is -0.480 e. The van der Waals surface area contributed by atoms with Crippen molar-refractivity contribution in [1.82, 2.24) is 4.90 Å². The van der Waals surface area contributed by atoms with Gasteiger partial charge in [0.25, 0.3) is 0 Å². The van der Waals surface area contributed by atoms with E-state index in [1.807, 2.05) is 26.0 Å². The average Bonchev–Trinajstić information content (AvgIpc) is 2.31. The normalized spacial score (nSPS) is 10.1. The second-order valence-corrected chi connectivity index (χ2v) is 5.08. The lowest BCUT2D eigenvalue weighted by molar-refractivity contribution is -0.137. The number of amides is 2. The fourth-order valence-electron chi connectivity index (χ4n) is 1.60. The lowest BCUT2D eigenvalue weighted by Gasteiger charge is -2.21. The summed E-state index contributed by atoms with van der Waals surface area (Å²) in [6.45, 7) is 3.94. The fourth-order valence-corrected chi connectivity index (χ4v) is 2.19. The Morgan fingerprint density at radius 2 is 2.11 bits per heavy atom. The Bertz CT molecular complexity index is 477. The number of carbonyl (C=O) groups excluding carboxylic acids is 1. The van der Waals surface area contributed by atoms with Crippen LogP contribution in [0, 0.1) is 6.92 Å². The Morgan fingerprint density at radius 1 is 1.42 bits per heavy atom. The molecule has 0 saturated carbocycles. The molecular weight excluding hydrogens is 312 g/mol. The maximum absolute atomic E-state index is 12.0. The summed E-state index contributed by atoms with van der Waals surface area (Å²) < 4.78 is 0.771. The number of hydrogen-bond donors (Lipinski definition) is 2. The van der Waals surface area contributed by atoms with Gasteiger partial charge in [-0.2, -0.15) is 0 Å². The number of aryl methyl sites for hydroxylation is 1. The van der Waals surface area contributed by atoms with E-state index < -0.39 is 12.0 Å².